The number of halogens is 1. The summed E-state index contributed by atoms with van der Waals surface area (Å²) in [6.07, 6.45) is 4.27. The Hall–Kier alpha value is -2.97. The van der Waals surface area contributed by atoms with Gasteiger partial charge in [-0.2, -0.15) is 8.42 Å². The van der Waals surface area contributed by atoms with Crippen molar-refractivity contribution in [3.63, 3.8) is 0 Å². The van der Waals surface area contributed by atoms with Gasteiger partial charge in [-0.15, -0.1) is 0 Å². The van der Waals surface area contributed by atoms with Gasteiger partial charge in [0, 0.05) is 17.4 Å². The van der Waals surface area contributed by atoms with Gasteiger partial charge in [0.25, 0.3) is 10.1 Å². The van der Waals surface area contributed by atoms with Crippen molar-refractivity contribution in [2.45, 2.75) is 108 Å². The molecule has 46 heavy (non-hydrogen) atoms. The number of primary amides is 1. The Balaban J connectivity index is 1.63. The summed E-state index contributed by atoms with van der Waals surface area (Å²) in [5.41, 5.74) is 5.99. The third kappa shape index (κ3) is 11.1. The molecule has 2 aliphatic rings. The summed E-state index contributed by atoms with van der Waals surface area (Å²) >= 11 is 3.26. The standard InChI is InChI=1S/C32H46BrN3O9S/c1-6-43-30(39)25-18-24(25)20(2)11-9-7-8-10-12-26(35-31(40)44-32(3,4)5)29(38)36-19-22(17-27(36)28(34)37)45-46(41,42)23-15-13-21(33)14-16-23/h11,13-16,22,24-27H,6-10,12,17-19H2,1-5H3,(H2,34,37)(H,35,40)/b20-11-/t22-,24-,25-,26-,27-/m0/s1. The molecule has 1 heterocycles. The molecule has 14 heteroatoms. The predicted octanol–water partition coefficient (Wildman–Crippen LogP) is 4.60. The third-order valence-corrected chi connectivity index (χ3v) is 9.76. The van der Waals surface area contributed by atoms with Crippen LogP contribution >= 0.6 is 15.9 Å². The fourth-order valence-corrected chi connectivity index (χ4v) is 6.83. The lowest BCUT2D eigenvalue weighted by Gasteiger charge is -2.28. The molecule has 3 N–H and O–H groups in total. The molecule has 1 saturated carbocycles. The van der Waals surface area contributed by atoms with E-state index in [1.165, 1.54) is 22.6 Å². The Morgan fingerprint density at radius 1 is 1.09 bits per heavy atom. The number of rotatable bonds is 15. The lowest BCUT2D eigenvalue weighted by Crippen LogP contribution is -2.53. The van der Waals surface area contributed by atoms with E-state index in [0.717, 1.165) is 25.7 Å². The van der Waals surface area contributed by atoms with E-state index in [0.29, 0.717) is 17.5 Å². The summed E-state index contributed by atoms with van der Waals surface area (Å²) in [7, 11) is -4.19. The number of nitrogens with two attached hydrogens (primary N) is 1. The number of allylic oxidation sites excluding steroid dienone is 2. The van der Waals surface area contributed by atoms with Crippen LogP contribution in [-0.2, 0) is 38.2 Å². The molecule has 1 aromatic rings. The van der Waals surface area contributed by atoms with Gasteiger partial charge in [0.1, 0.15) is 17.7 Å². The number of nitrogens with one attached hydrogen (secondary N) is 1. The minimum Gasteiger partial charge on any atom is -0.466 e. The summed E-state index contributed by atoms with van der Waals surface area (Å²) < 4.78 is 42.4. The van der Waals surface area contributed by atoms with Crippen LogP contribution in [0.25, 0.3) is 0 Å². The third-order valence-electron chi connectivity index (χ3n) is 7.86. The number of carbonyl (C=O) groups excluding carboxylic acids is 4. The van der Waals surface area contributed by atoms with Crippen molar-refractivity contribution in [2.24, 2.45) is 17.6 Å². The topological polar surface area (TPSA) is 171 Å². The number of hydrogen-bond acceptors (Lipinski definition) is 9. The maximum Gasteiger partial charge on any atom is 0.408 e. The molecule has 3 rings (SSSR count). The van der Waals surface area contributed by atoms with Gasteiger partial charge in [-0.1, -0.05) is 40.4 Å². The van der Waals surface area contributed by atoms with Crippen LogP contribution in [0.2, 0.25) is 0 Å². The Kier molecular flexibility index (Phi) is 13.2. The minimum absolute atomic E-state index is 0.0532. The SMILES string of the molecule is CCOC(=O)[C@H]1C[C@H]1/C(C)=C\CCCCC[C@H](NC(=O)OC(C)(C)C)C(=O)N1C[C@@H](OS(=O)(=O)c2ccc(Br)cc2)C[C@H]1C(N)=O. The molecule has 2 fully saturated rings. The average molecular weight is 729 g/mol. The average Bonchev–Trinajstić information content (AvgIpc) is 3.66. The van der Waals surface area contributed by atoms with Crippen molar-refractivity contribution in [3.05, 3.63) is 40.4 Å². The van der Waals surface area contributed by atoms with Gasteiger partial charge in [0.05, 0.1) is 23.5 Å². The lowest BCUT2D eigenvalue weighted by molar-refractivity contribution is -0.145. The minimum atomic E-state index is -4.19. The van der Waals surface area contributed by atoms with Crippen molar-refractivity contribution in [1.29, 1.82) is 0 Å². The van der Waals surface area contributed by atoms with E-state index in [9.17, 15) is 27.6 Å². The number of ether oxygens (including phenoxy) is 2. The van der Waals surface area contributed by atoms with E-state index < -0.39 is 51.8 Å². The fourth-order valence-electron chi connectivity index (χ4n) is 5.48. The number of amides is 3. The van der Waals surface area contributed by atoms with E-state index in [-0.39, 0.29) is 42.1 Å². The van der Waals surface area contributed by atoms with E-state index in [2.05, 4.69) is 27.3 Å². The highest BCUT2D eigenvalue weighted by atomic mass is 79.9. The molecule has 5 atom stereocenters. The smallest absolute Gasteiger partial charge is 0.408 e. The molecule has 3 amide bonds. The van der Waals surface area contributed by atoms with Crippen LogP contribution < -0.4 is 11.1 Å². The van der Waals surface area contributed by atoms with Crippen LogP contribution in [0.4, 0.5) is 4.79 Å². The molecule has 1 aromatic carbocycles. The largest absolute Gasteiger partial charge is 0.466 e. The normalized spacial score (nSPS) is 22.2. The summed E-state index contributed by atoms with van der Waals surface area (Å²) in [4.78, 5) is 51.9. The summed E-state index contributed by atoms with van der Waals surface area (Å²) in [5.74, 6) is -1.34. The van der Waals surface area contributed by atoms with Gasteiger partial charge in [-0.25, -0.2) is 4.79 Å². The Labute approximate surface area is 280 Å². The van der Waals surface area contributed by atoms with Crippen molar-refractivity contribution in [2.75, 3.05) is 13.2 Å². The quantitative estimate of drug-likeness (QED) is 0.113. The predicted molar refractivity (Wildman–Crippen MR) is 174 cm³/mol. The van der Waals surface area contributed by atoms with E-state index in [1.54, 1.807) is 39.8 Å². The van der Waals surface area contributed by atoms with Gasteiger partial charge < -0.3 is 25.4 Å². The molecule has 1 saturated heterocycles. The highest BCUT2D eigenvalue weighted by Crippen LogP contribution is 2.45. The van der Waals surface area contributed by atoms with Crippen LogP contribution in [-0.4, -0.2) is 74.1 Å². The molecule has 1 aliphatic carbocycles. The van der Waals surface area contributed by atoms with Gasteiger partial charge in [0.2, 0.25) is 11.8 Å². The zero-order valence-corrected chi connectivity index (χ0v) is 29.5. The first-order valence-electron chi connectivity index (χ1n) is 15.6. The first-order chi connectivity index (χ1) is 21.5. The maximum absolute atomic E-state index is 13.8. The highest BCUT2D eigenvalue weighted by molar-refractivity contribution is 9.10. The Morgan fingerprint density at radius 2 is 1.76 bits per heavy atom. The fraction of sp³-hybridized carbons (Fsp3) is 0.625. The zero-order valence-electron chi connectivity index (χ0n) is 27.1. The van der Waals surface area contributed by atoms with Crippen LogP contribution in [0.3, 0.4) is 0 Å². The van der Waals surface area contributed by atoms with Gasteiger partial charge in [0.15, 0.2) is 0 Å². The Bertz CT molecular complexity index is 1390. The number of carbonyl (C=O) groups is 4. The molecule has 256 valence electrons. The van der Waals surface area contributed by atoms with E-state index in [1.807, 2.05) is 6.92 Å². The van der Waals surface area contributed by atoms with Crippen molar-refractivity contribution in [3.8, 4) is 0 Å². The van der Waals surface area contributed by atoms with E-state index in [4.69, 9.17) is 19.4 Å². The first-order valence-corrected chi connectivity index (χ1v) is 17.8. The molecule has 0 unspecified atom stereocenters. The van der Waals surface area contributed by atoms with Crippen molar-refractivity contribution < 1.29 is 41.3 Å². The van der Waals surface area contributed by atoms with Gasteiger partial charge in [-0.05, 0) is 90.5 Å². The lowest BCUT2D eigenvalue weighted by atomic mass is 10.0. The van der Waals surface area contributed by atoms with Crippen molar-refractivity contribution in [1.82, 2.24) is 10.2 Å². The molecule has 1 aliphatic heterocycles. The van der Waals surface area contributed by atoms with E-state index >= 15 is 0 Å². The highest BCUT2D eigenvalue weighted by Gasteiger charge is 2.45. The molecule has 0 radical (unpaired) electrons. The molecule has 0 spiro atoms. The first kappa shape index (κ1) is 37.5. The summed E-state index contributed by atoms with van der Waals surface area (Å²) in [6.45, 7) is 9.10. The number of nitrogens with zero attached hydrogens (tertiary/aromatic N) is 1. The number of benzene rings is 1. The summed E-state index contributed by atoms with van der Waals surface area (Å²) in [5, 5.41) is 2.64. The second-order valence-corrected chi connectivity index (χ2v) is 15.2. The van der Waals surface area contributed by atoms with Crippen LogP contribution in [0, 0.1) is 11.8 Å². The van der Waals surface area contributed by atoms with Crippen LogP contribution in [0.5, 0.6) is 0 Å². The number of unbranched alkanes of at least 4 members (excludes halogenated alkanes) is 3. The van der Waals surface area contributed by atoms with Gasteiger partial charge in [-0.3, -0.25) is 18.6 Å². The molecular weight excluding hydrogens is 682 g/mol. The number of esters is 1. The Morgan fingerprint density at radius 3 is 2.37 bits per heavy atom. The second-order valence-electron chi connectivity index (χ2n) is 12.8. The number of likely N-dealkylation sites (tertiary alicyclic amines) is 1. The van der Waals surface area contributed by atoms with Crippen LogP contribution in [0.1, 0.15) is 79.6 Å². The molecular formula is C32H46BrN3O9S. The van der Waals surface area contributed by atoms with Crippen LogP contribution in [0.15, 0.2) is 45.3 Å². The van der Waals surface area contributed by atoms with Gasteiger partial charge >= 0.3 is 12.1 Å². The molecule has 12 nitrogen and oxygen atoms in total. The summed E-state index contributed by atoms with van der Waals surface area (Å²) in [6, 6.07) is 3.74. The molecule has 0 aromatic heterocycles. The number of alkyl carbamates (subject to hydrolysis) is 1. The van der Waals surface area contributed by atoms with Crippen molar-refractivity contribution >= 4 is 49.9 Å². The number of hydrogen-bond donors (Lipinski definition) is 2. The monoisotopic (exact) mass is 727 g/mol. The maximum atomic E-state index is 13.8. The second kappa shape index (κ2) is 16.2. The molecule has 0 bridgehead atoms. The zero-order chi connectivity index (χ0) is 34.2.